The first-order valence-electron chi connectivity index (χ1n) is 11.3. The molecule has 4 aliphatic rings. The van der Waals surface area contributed by atoms with Crippen molar-refractivity contribution in [2.75, 3.05) is 26.2 Å². The molecule has 209 valence electrons. The van der Waals surface area contributed by atoms with Crippen molar-refractivity contribution in [2.45, 2.75) is 37.8 Å². The molecule has 3 saturated heterocycles. The summed E-state index contributed by atoms with van der Waals surface area (Å²) in [6.45, 7) is 3.97. The Morgan fingerprint density at radius 1 is 0.974 bits per heavy atom. The van der Waals surface area contributed by atoms with Crippen molar-refractivity contribution in [2.24, 2.45) is 4.99 Å². The molecule has 6 rings (SSSR count). The summed E-state index contributed by atoms with van der Waals surface area (Å²) in [5.41, 5.74) is 3.62. The second-order valence-corrected chi connectivity index (χ2v) is 9.26. The van der Waals surface area contributed by atoms with E-state index in [-0.39, 0.29) is 47.9 Å². The third-order valence-corrected chi connectivity index (χ3v) is 5.69. The van der Waals surface area contributed by atoms with Gasteiger partial charge in [-0.25, -0.2) is 33.5 Å². The van der Waals surface area contributed by atoms with E-state index in [0.717, 1.165) is 49.3 Å². The number of aliphatic carboxylic acids is 1. The summed E-state index contributed by atoms with van der Waals surface area (Å²) < 4.78 is 46.4. The van der Waals surface area contributed by atoms with Crippen LogP contribution in [0, 0.1) is 10.2 Å². The van der Waals surface area contributed by atoms with Crippen LogP contribution in [0.5, 0.6) is 0 Å². The van der Waals surface area contributed by atoms with Crippen molar-refractivity contribution in [1.29, 1.82) is 0 Å². The molecule has 5 atom stereocenters. The minimum atomic E-state index is -4.94. The summed E-state index contributed by atoms with van der Waals surface area (Å²) in [5, 5.41) is 15.9. The van der Waals surface area contributed by atoms with Crippen LogP contribution in [0.15, 0.2) is 41.4 Å². The molecule has 0 unspecified atom stereocenters. The summed E-state index contributed by atoms with van der Waals surface area (Å²) in [4.78, 5) is 25.5. The molecule has 0 aliphatic carbocycles. The molecule has 6 heterocycles. The van der Waals surface area contributed by atoms with Gasteiger partial charge >= 0.3 is 17.1 Å². The van der Waals surface area contributed by atoms with Crippen LogP contribution in [0.25, 0.3) is 0 Å². The molecule has 0 saturated carbocycles. The molecule has 0 spiro atoms. The number of halogens is 1. The minimum Gasteiger partial charge on any atom is -0.550 e. The number of carbonyl (C=O) groups excluding carboxylic acids is 1. The molecule has 3 fully saturated rings. The molecule has 38 heavy (non-hydrogen) atoms. The SMILES string of the molecule is C1=NC[C@H]2CN[C@H](O2)c2cccc(n2)[C@H]2O[C@@H]3CN[C@H](c4cccc1n4)N2C3.CC(=O)[O-].[Cu+2].[O-][Cl+3]([O-])([O-])[O-]. The molecule has 1 radical (unpaired) electrons. The second-order valence-electron chi connectivity index (χ2n) is 8.50. The molecule has 2 aromatic heterocycles. The average molecular weight is 600 g/mol. The molecule has 16 heteroatoms. The quantitative estimate of drug-likeness (QED) is 0.271. The van der Waals surface area contributed by atoms with E-state index in [4.69, 9.17) is 48.0 Å². The van der Waals surface area contributed by atoms with Gasteiger partial charge in [-0.05, 0) is 31.2 Å². The Labute approximate surface area is 230 Å². The molecule has 0 aromatic carbocycles. The third-order valence-electron chi connectivity index (χ3n) is 5.69. The predicted molar refractivity (Wildman–Crippen MR) is 112 cm³/mol. The largest absolute Gasteiger partial charge is 2.00 e. The van der Waals surface area contributed by atoms with Crippen LogP contribution in [-0.4, -0.2) is 65.4 Å². The number of fused-ring (bicyclic) bond motifs is 10. The predicted octanol–water partition coefficient (Wildman–Crippen LogP) is -5.10. The number of rotatable bonds is 0. The van der Waals surface area contributed by atoms with E-state index in [0.29, 0.717) is 6.54 Å². The van der Waals surface area contributed by atoms with Gasteiger partial charge in [0.15, 0.2) is 12.5 Å². The number of pyridine rings is 2. The minimum absolute atomic E-state index is 0. The third kappa shape index (κ3) is 8.44. The fraction of sp³-hybridized carbons (Fsp3) is 0.455. The van der Waals surface area contributed by atoms with Crippen molar-refractivity contribution in [3.05, 3.63) is 59.2 Å². The first-order valence-corrected chi connectivity index (χ1v) is 12.6. The van der Waals surface area contributed by atoms with E-state index in [1.807, 2.05) is 36.5 Å². The van der Waals surface area contributed by atoms with Crippen molar-refractivity contribution >= 4 is 12.2 Å². The van der Waals surface area contributed by atoms with Crippen LogP contribution in [-0.2, 0) is 31.3 Å². The van der Waals surface area contributed by atoms with Crippen LogP contribution in [0.2, 0.25) is 0 Å². The van der Waals surface area contributed by atoms with Gasteiger partial charge in [0.2, 0.25) is 0 Å². The van der Waals surface area contributed by atoms with Gasteiger partial charge in [0.25, 0.3) is 0 Å². The van der Waals surface area contributed by atoms with Crippen molar-refractivity contribution in [3.63, 3.8) is 0 Å². The number of nitrogens with zero attached hydrogens (tertiary/aromatic N) is 4. The van der Waals surface area contributed by atoms with Crippen molar-refractivity contribution in [3.8, 4) is 0 Å². The van der Waals surface area contributed by atoms with Crippen molar-refractivity contribution < 1.29 is 65.3 Å². The van der Waals surface area contributed by atoms with Gasteiger partial charge in [0.1, 0.15) is 6.17 Å². The Morgan fingerprint density at radius 2 is 1.61 bits per heavy atom. The number of ether oxygens (including phenoxy) is 2. The molecule has 0 amide bonds. The molecule has 4 aliphatic heterocycles. The number of hydrogen-bond donors (Lipinski definition) is 2. The molecule has 8 bridgehead atoms. The number of carboxylic acids is 1. The Bertz CT molecular complexity index is 1120. The second kappa shape index (κ2) is 13.3. The topological polar surface area (TPSA) is 216 Å². The van der Waals surface area contributed by atoms with Gasteiger partial charge in [-0.3, -0.25) is 15.6 Å². The van der Waals surface area contributed by atoms with E-state index in [9.17, 15) is 0 Å². The molecule has 2 N–H and O–H groups in total. The first kappa shape index (κ1) is 30.4. The number of aliphatic imine (C=N–C) groups is 1. The van der Waals surface area contributed by atoms with E-state index < -0.39 is 16.2 Å². The number of carboxylic acid groups (broad SMARTS) is 1. The number of nitrogens with one attached hydrogen (secondary N) is 2. The number of aromatic nitrogens is 2. The Hall–Kier alpha value is -2.11. The van der Waals surface area contributed by atoms with E-state index >= 15 is 0 Å². The maximum absolute atomic E-state index is 8.89. The summed E-state index contributed by atoms with van der Waals surface area (Å²) in [6.07, 6.45) is 1.58. The normalized spacial score (nSPS) is 27.3. The average Bonchev–Trinajstić information content (AvgIpc) is 3.42. The van der Waals surface area contributed by atoms with Gasteiger partial charge in [0, 0.05) is 31.8 Å². The number of carbonyl (C=O) groups is 1. The van der Waals surface area contributed by atoms with Gasteiger partial charge < -0.3 is 19.4 Å². The van der Waals surface area contributed by atoms with Crippen LogP contribution < -0.4 is 34.4 Å². The first-order chi connectivity index (χ1) is 17.6. The zero-order chi connectivity index (χ0) is 26.6. The Kier molecular flexibility index (Phi) is 10.7. The van der Waals surface area contributed by atoms with Crippen molar-refractivity contribution in [1.82, 2.24) is 25.5 Å². The molecule has 14 nitrogen and oxygen atoms in total. The molecular formula is C22H25ClCuN6O8. The van der Waals surface area contributed by atoms with E-state index in [2.05, 4.69) is 26.6 Å². The van der Waals surface area contributed by atoms with Gasteiger partial charge in [0.05, 0.1) is 41.5 Å². The maximum Gasteiger partial charge on any atom is 2.00 e. The summed E-state index contributed by atoms with van der Waals surface area (Å²) in [6, 6.07) is 12.1. The van der Waals surface area contributed by atoms with Crippen LogP contribution in [0.1, 0.15) is 48.3 Å². The maximum atomic E-state index is 8.89. The fourth-order valence-corrected chi connectivity index (χ4v) is 4.38. The summed E-state index contributed by atoms with van der Waals surface area (Å²) in [7, 11) is -4.94. The van der Waals surface area contributed by atoms with E-state index in [1.54, 1.807) is 0 Å². The summed E-state index contributed by atoms with van der Waals surface area (Å²) in [5.74, 6) is -1.08. The zero-order valence-corrected chi connectivity index (χ0v) is 21.7. The van der Waals surface area contributed by atoms with Crippen LogP contribution in [0.3, 0.4) is 0 Å². The molecular weight excluding hydrogens is 575 g/mol. The summed E-state index contributed by atoms with van der Waals surface area (Å²) >= 11 is 0. The monoisotopic (exact) mass is 599 g/mol. The van der Waals surface area contributed by atoms with Gasteiger partial charge in [-0.2, -0.15) is 0 Å². The van der Waals surface area contributed by atoms with Gasteiger partial charge in [-0.15, -0.1) is 10.2 Å². The smallest absolute Gasteiger partial charge is 0.550 e. The van der Waals surface area contributed by atoms with Crippen LogP contribution >= 0.6 is 0 Å². The Morgan fingerprint density at radius 3 is 2.34 bits per heavy atom. The molecule has 2 aromatic rings. The van der Waals surface area contributed by atoms with E-state index in [1.165, 1.54) is 0 Å². The standard InChI is InChI=1S/C20H22N6O2.C2H4O2.ClHO4.Cu/c1-3-12-7-21-8-13-9-23-19(27-13)16-5-2-6-17(25-16)20-26-11-14(28-20)10-22-18(26)15(4-1)24-12;1-2(3)4;2-1(3,4)5;/h1-7,13-14,18-20,22-23H,8-11H2;1H3,(H,3,4);(H,2,3,4,5);/q;;;+2/p-2/t13-,14+,18-,19+,20+;;;/m0.../s1. The number of hydrogen-bond acceptors (Lipinski definition) is 14. The Balaban J connectivity index is 0.000000351. The zero-order valence-electron chi connectivity index (χ0n) is 20.0. The van der Waals surface area contributed by atoms with Gasteiger partial charge in [-0.1, -0.05) is 12.1 Å². The van der Waals surface area contributed by atoms with Crippen LogP contribution in [0.4, 0.5) is 0 Å². The fourth-order valence-electron chi connectivity index (χ4n) is 4.38.